The number of hydrogen-bond donors (Lipinski definition) is 1. The molecule has 0 bridgehead atoms. The third kappa shape index (κ3) is 1.69. The molecule has 0 amide bonds. The molecular formula is C19H12N4O. The second kappa shape index (κ2) is 4.83. The Balaban J connectivity index is 1.82. The van der Waals surface area contributed by atoms with E-state index in [0.717, 1.165) is 45.4 Å². The summed E-state index contributed by atoms with van der Waals surface area (Å²) in [7, 11) is 0. The molecule has 5 rings (SSSR count). The van der Waals surface area contributed by atoms with Crippen LogP contribution in [0.2, 0.25) is 0 Å². The first-order valence-electron chi connectivity index (χ1n) is 7.70. The van der Waals surface area contributed by atoms with Gasteiger partial charge in [0.2, 0.25) is 0 Å². The van der Waals surface area contributed by atoms with Gasteiger partial charge >= 0.3 is 0 Å². The summed E-state index contributed by atoms with van der Waals surface area (Å²) in [5, 5.41) is 0. The number of nitrogens with one attached hydrogen (secondary N) is 1. The Morgan fingerprint density at radius 1 is 1.00 bits per heavy atom. The Hall–Kier alpha value is -3.34. The molecule has 5 heteroatoms. The van der Waals surface area contributed by atoms with Gasteiger partial charge in [-0.25, -0.2) is 15.0 Å². The van der Waals surface area contributed by atoms with E-state index in [-0.39, 0.29) is 5.92 Å². The Morgan fingerprint density at radius 3 is 2.71 bits per heavy atom. The fraction of sp³-hybridized carbons (Fsp3) is 0.0526. The second-order valence-corrected chi connectivity index (χ2v) is 5.82. The molecule has 1 unspecified atom stereocenters. The molecule has 0 radical (unpaired) electrons. The Labute approximate surface area is 137 Å². The van der Waals surface area contributed by atoms with Gasteiger partial charge in [-0.05, 0) is 22.3 Å². The smallest absolute Gasteiger partial charge is 0.181 e. The summed E-state index contributed by atoms with van der Waals surface area (Å²) in [6.45, 7) is 0. The maximum Gasteiger partial charge on any atom is 0.181 e. The lowest BCUT2D eigenvalue weighted by Crippen LogP contribution is -1.97. The molecule has 0 fully saturated rings. The molecule has 2 aromatic heterocycles. The SMILES string of the molecule is O=CC1c2ccccc2-c2c(-c3nc4ncncc4[nH]3)cccc21. The minimum absolute atomic E-state index is 0.222. The van der Waals surface area contributed by atoms with Crippen LogP contribution < -0.4 is 0 Å². The molecule has 2 aromatic carbocycles. The molecule has 0 aliphatic heterocycles. The topological polar surface area (TPSA) is 71.5 Å². The predicted molar refractivity (Wildman–Crippen MR) is 90.5 cm³/mol. The largest absolute Gasteiger partial charge is 0.335 e. The molecule has 1 aliphatic rings. The Bertz CT molecular complexity index is 1070. The van der Waals surface area contributed by atoms with Crippen molar-refractivity contribution in [3.63, 3.8) is 0 Å². The molecular weight excluding hydrogens is 300 g/mol. The minimum atomic E-state index is -0.222. The van der Waals surface area contributed by atoms with Crippen molar-refractivity contribution in [1.82, 2.24) is 19.9 Å². The monoisotopic (exact) mass is 312 g/mol. The van der Waals surface area contributed by atoms with Crippen molar-refractivity contribution in [3.8, 4) is 22.5 Å². The van der Waals surface area contributed by atoms with Crippen molar-refractivity contribution >= 4 is 17.5 Å². The van der Waals surface area contributed by atoms with Gasteiger partial charge in [-0.2, -0.15) is 0 Å². The summed E-state index contributed by atoms with van der Waals surface area (Å²) in [6, 6.07) is 14.0. The molecule has 0 saturated carbocycles. The van der Waals surface area contributed by atoms with Crippen LogP contribution in [-0.2, 0) is 4.79 Å². The highest BCUT2D eigenvalue weighted by molar-refractivity contribution is 5.95. The molecule has 5 nitrogen and oxygen atoms in total. The number of aromatic amines is 1. The maximum atomic E-state index is 11.7. The number of rotatable bonds is 2. The number of fused-ring (bicyclic) bond motifs is 4. The van der Waals surface area contributed by atoms with E-state index < -0.39 is 0 Å². The van der Waals surface area contributed by atoms with Crippen LogP contribution in [0.15, 0.2) is 55.0 Å². The molecule has 1 N–H and O–H groups in total. The highest BCUT2D eigenvalue weighted by atomic mass is 16.1. The van der Waals surface area contributed by atoms with Crippen LogP contribution in [0.5, 0.6) is 0 Å². The van der Waals surface area contributed by atoms with Crippen molar-refractivity contribution in [2.24, 2.45) is 0 Å². The van der Waals surface area contributed by atoms with Gasteiger partial charge in [0.25, 0.3) is 0 Å². The van der Waals surface area contributed by atoms with Crippen molar-refractivity contribution in [2.45, 2.75) is 5.92 Å². The molecule has 4 aromatic rings. The Morgan fingerprint density at radius 2 is 1.83 bits per heavy atom. The highest BCUT2D eigenvalue weighted by Crippen LogP contribution is 2.47. The fourth-order valence-corrected chi connectivity index (χ4v) is 3.53. The third-order valence-corrected chi connectivity index (χ3v) is 4.55. The quantitative estimate of drug-likeness (QED) is 0.576. The number of nitrogens with zero attached hydrogens (tertiary/aromatic N) is 3. The van der Waals surface area contributed by atoms with E-state index in [4.69, 9.17) is 0 Å². The predicted octanol–water partition coefficient (Wildman–Crippen LogP) is 3.33. The van der Waals surface area contributed by atoms with Crippen LogP contribution in [0, 0.1) is 0 Å². The standard InChI is InChI=1S/C19H12N4O/c24-9-15-11-4-1-2-5-12(11)17-13(15)6-3-7-14(17)18-22-16-8-20-10-21-19(16)23-18/h1-10,15H,(H,20,21,22,23). The third-order valence-electron chi connectivity index (χ3n) is 4.55. The normalized spacial score (nSPS) is 15.2. The van der Waals surface area contributed by atoms with Crippen LogP contribution in [-0.4, -0.2) is 26.2 Å². The van der Waals surface area contributed by atoms with Gasteiger partial charge in [0.1, 0.15) is 24.0 Å². The minimum Gasteiger partial charge on any atom is -0.335 e. The van der Waals surface area contributed by atoms with E-state index >= 15 is 0 Å². The van der Waals surface area contributed by atoms with Gasteiger partial charge in [0, 0.05) is 5.56 Å². The van der Waals surface area contributed by atoms with Crippen LogP contribution >= 0.6 is 0 Å². The second-order valence-electron chi connectivity index (χ2n) is 5.82. The van der Waals surface area contributed by atoms with Gasteiger partial charge in [-0.1, -0.05) is 42.5 Å². The van der Waals surface area contributed by atoms with Crippen molar-refractivity contribution in [3.05, 3.63) is 66.1 Å². The number of carbonyl (C=O) groups is 1. The summed E-state index contributed by atoms with van der Waals surface area (Å²) in [6.07, 6.45) is 4.21. The van der Waals surface area contributed by atoms with Gasteiger partial charge < -0.3 is 9.78 Å². The first-order valence-corrected chi connectivity index (χ1v) is 7.70. The van der Waals surface area contributed by atoms with E-state index in [1.807, 2.05) is 36.4 Å². The molecule has 2 heterocycles. The average Bonchev–Trinajstić information content (AvgIpc) is 3.20. The molecule has 1 atom stereocenters. The van der Waals surface area contributed by atoms with Gasteiger partial charge in [0.05, 0.1) is 12.1 Å². The average molecular weight is 312 g/mol. The number of imidazole rings is 1. The van der Waals surface area contributed by atoms with Crippen LogP contribution in [0.4, 0.5) is 0 Å². The summed E-state index contributed by atoms with van der Waals surface area (Å²) in [5.74, 6) is 0.518. The number of H-pyrrole nitrogens is 1. The lowest BCUT2D eigenvalue weighted by molar-refractivity contribution is -0.108. The first-order chi connectivity index (χ1) is 11.9. The molecule has 1 aliphatic carbocycles. The van der Waals surface area contributed by atoms with Gasteiger partial charge in [0.15, 0.2) is 5.65 Å². The van der Waals surface area contributed by atoms with Crippen LogP contribution in [0.25, 0.3) is 33.7 Å². The van der Waals surface area contributed by atoms with Gasteiger partial charge in [-0.15, -0.1) is 0 Å². The van der Waals surface area contributed by atoms with Crippen LogP contribution in [0.1, 0.15) is 17.0 Å². The first kappa shape index (κ1) is 13.1. The molecule has 0 saturated heterocycles. The number of aldehydes is 1. The van der Waals surface area contributed by atoms with Crippen LogP contribution in [0.3, 0.4) is 0 Å². The molecule has 0 spiro atoms. The number of aromatic nitrogens is 4. The number of carbonyl (C=O) groups excluding carboxylic acids is 1. The van der Waals surface area contributed by atoms with E-state index in [1.54, 1.807) is 6.20 Å². The lowest BCUT2D eigenvalue weighted by atomic mass is 9.97. The summed E-state index contributed by atoms with van der Waals surface area (Å²) >= 11 is 0. The van der Waals surface area contributed by atoms with Crippen molar-refractivity contribution in [1.29, 1.82) is 0 Å². The van der Waals surface area contributed by atoms with E-state index in [2.05, 4.69) is 26.0 Å². The lowest BCUT2D eigenvalue weighted by Gasteiger charge is -2.08. The summed E-state index contributed by atoms with van der Waals surface area (Å²) in [4.78, 5) is 27.8. The zero-order valence-electron chi connectivity index (χ0n) is 12.6. The molecule has 114 valence electrons. The number of hydrogen-bond acceptors (Lipinski definition) is 4. The Kier molecular flexibility index (Phi) is 2.64. The van der Waals surface area contributed by atoms with Crippen molar-refractivity contribution in [2.75, 3.05) is 0 Å². The maximum absolute atomic E-state index is 11.7. The highest BCUT2D eigenvalue weighted by Gasteiger charge is 2.30. The fourth-order valence-electron chi connectivity index (χ4n) is 3.53. The number of benzene rings is 2. The van der Waals surface area contributed by atoms with E-state index in [1.165, 1.54) is 6.33 Å². The van der Waals surface area contributed by atoms with E-state index in [0.29, 0.717) is 5.65 Å². The summed E-state index contributed by atoms with van der Waals surface area (Å²) in [5.41, 5.74) is 6.63. The zero-order chi connectivity index (χ0) is 16.1. The van der Waals surface area contributed by atoms with Gasteiger partial charge in [-0.3, -0.25) is 0 Å². The zero-order valence-corrected chi connectivity index (χ0v) is 12.6. The molecule has 24 heavy (non-hydrogen) atoms. The van der Waals surface area contributed by atoms with E-state index in [9.17, 15) is 4.79 Å². The summed E-state index contributed by atoms with van der Waals surface area (Å²) < 4.78 is 0. The van der Waals surface area contributed by atoms with Crippen molar-refractivity contribution < 1.29 is 4.79 Å².